The number of carbonyl (C=O) groups excluding carboxylic acids is 1. The maximum absolute atomic E-state index is 11.5. The van der Waals surface area contributed by atoms with Crippen molar-refractivity contribution in [1.29, 1.82) is 0 Å². The smallest absolute Gasteiger partial charge is 0.250 e. The Morgan fingerprint density at radius 1 is 1.35 bits per heavy atom. The predicted molar refractivity (Wildman–Crippen MR) is 88.0 cm³/mol. The van der Waals surface area contributed by atoms with Gasteiger partial charge in [0.25, 0.3) is 5.91 Å². The van der Waals surface area contributed by atoms with Gasteiger partial charge in [-0.2, -0.15) is 0 Å². The lowest BCUT2D eigenvalue weighted by Gasteiger charge is -2.14. The number of rotatable bonds is 4. The number of hydrogen-bond donors (Lipinski definition) is 3. The van der Waals surface area contributed by atoms with Crippen molar-refractivity contribution in [2.24, 2.45) is 5.73 Å². The minimum Gasteiger partial charge on any atom is -0.366 e. The van der Waals surface area contributed by atoms with Crippen LogP contribution in [0.5, 0.6) is 0 Å². The zero-order valence-corrected chi connectivity index (χ0v) is 12.7. The largest absolute Gasteiger partial charge is 0.366 e. The number of carbonyl (C=O) groups is 1. The molecule has 1 fully saturated rings. The second kappa shape index (κ2) is 5.55. The number of fused-ring (bicyclic) bond motifs is 1. The summed E-state index contributed by atoms with van der Waals surface area (Å²) in [5, 5.41) is 0. The van der Waals surface area contributed by atoms with E-state index in [0.29, 0.717) is 17.0 Å². The number of para-hydroxylation sites is 1. The second-order valence-electron chi connectivity index (χ2n) is 6.10. The number of aromatic nitrogens is 3. The number of aromatic amines is 2. The Kier molecular flexibility index (Phi) is 3.38. The molecule has 6 heteroatoms. The van der Waals surface area contributed by atoms with Crippen LogP contribution in [-0.4, -0.2) is 38.8 Å². The van der Waals surface area contributed by atoms with Gasteiger partial charge in [0.15, 0.2) is 0 Å². The van der Waals surface area contributed by atoms with Crippen molar-refractivity contribution in [3.05, 3.63) is 53.6 Å². The molecule has 0 bridgehead atoms. The van der Waals surface area contributed by atoms with E-state index in [-0.39, 0.29) is 0 Å². The Balaban J connectivity index is 1.56. The lowest BCUT2D eigenvalue weighted by molar-refractivity contribution is 0.100. The first-order valence-electron chi connectivity index (χ1n) is 7.84. The minimum absolute atomic E-state index is 0.359. The molecular weight excluding hydrogens is 290 g/mol. The molecule has 3 aromatic rings. The van der Waals surface area contributed by atoms with Crippen LogP contribution in [0.15, 0.2) is 36.5 Å². The van der Waals surface area contributed by atoms with Crippen LogP contribution >= 0.6 is 0 Å². The fraction of sp³-hybridized carbons (Fsp3) is 0.294. The summed E-state index contributed by atoms with van der Waals surface area (Å²) in [5.74, 6) is 0.870. The van der Waals surface area contributed by atoms with E-state index in [2.05, 4.69) is 25.9 Å². The molecule has 0 radical (unpaired) electrons. The van der Waals surface area contributed by atoms with E-state index in [0.717, 1.165) is 37.4 Å². The van der Waals surface area contributed by atoms with Crippen LogP contribution in [0.25, 0.3) is 11.0 Å². The number of amides is 1. The van der Waals surface area contributed by atoms with Crippen molar-refractivity contribution in [3.8, 4) is 0 Å². The molecule has 3 heterocycles. The summed E-state index contributed by atoms with van der Waals surface area (Å²) < 4.78 is 0. The predicted octanol–water partition coefficient (Wildman–Crippen LogP) is 1.98. The number of hydrogen-bond acceptors (Lipinski definition) is 3. The molecule has 1 amide bonds. The van der Waals surface area contributed by atoms with Crippen LogP contribution in [0.4, 0.5) is 0 Å². The third kappa shape index (κ3) is 2.61. The Bertz CT molecular complexity index is 836. The van der Waals surface area contributed by atoms with Gasteiger partial charge in [-0.3, -0.25) is 9.69 Å². The molecule has 2 aromatic heterocycles. The SMILES string of the molecule is NC(=O)c1cccc2[nH]c(C3CCN(Cc4ccc[nH]4)C3)nc12. The topological polar surface area (TPSA) is 90.8 Å². The van der Waals surface area contributed by atoms with E-state index in [1.54, 1.807) is 6.07 Å². The summed E-state index contributed by atoms with van der Waals surface area (Å²) in [6.07, 6.45) is 3.01. The molecule has 23 heavy (non-hydrogen) atoms. The van der Waals surface area contributed by atoms with Crippen LogP contribution in [0.2, 0.25) is 0 Å². The van der Waals surface area contributed by atoms with E-state index in [1.165, 1.54) is 5.69 Å². The van der Waals surface area contributed by atoms with Crippen molar-refractivity contribution < 1.29 is 4.79 Å². The maximum Gasteiger partial charge on any atom is 0.250 e. The van der Waals surface area contributed by atoms with E-state index in [1.807, 2.05) is 24.4 Å². The highest BCUT2D eigenvalue weighted by molar-refractivity contribution is 6.04. The first kappa shape index (κ1) is 14.0. The van der Waals surface area contributed by atoms with Crippen molar-refractivity contribution in [2.75, 3.05) is 13.1 Å². The monoisotopic (exact) mass is 309 g/mol. The van der Waals surface area contributed by atoms with Crippen molar-refractivity contribution in [1.82, 2.24) is 19.9 Å². The van der Waals surface area contributed by atoms with Gasteiger partial charge in [-0.15, -0.1) is 0 Å². The van der Waals surface area contributed by atoms with Gasteiger partial charge in [-0.25, -0.2) is 4.98 Å². The van der Waals surface area contributed by atoms with Crippen LogP contribution in [-0.2, 0) is 6.54 Å². The molecule has 1 saturated heterocycles. The Hall–Kier alpha value is -2.60. The molecule has 0 aliphatic carbocycles. The van der Waals surface area contributed by atoms with Crippen LogP contribution < -0.4 is 5.73 Å². The standard InChI is InChI=1S/C17H19N5O/c18-16(23)13-4-1-5-14-15(13)21-17(20-14)11-6-8-22(9-11)10-12-3-2-7-19-12/h1-5,7,11,19H,6,8-10H2,(H2,18,23)(H,20,21). The molecule has 4 N–H and O–H groups in total. The zero-order valence-electron chi connectivity index (χ0n) is 12.7. The summed E-state index contributed by atoms with van der Waals surface area (Å²) in [6.45, 7) is 2.93. The molecule has 1 aliphatic heterocycles. The van der Waals surface area contributed by atoms with Gasteiger partial charge < -0.3 is 15.7 Å². The summed E-state index contributed by atoms with van der Waals surface area (Å²) in [7, 11) is 0. The summed E-state index contributed by atoms with van der Waals surface area (Å²) in [5.41, 5.74) is 8.69. The number of primary amides is 1. The quantitative estimate of drug-likeness (QED) is 0.688. The third-order valence-corrected chi connectivity index (χ3v) is 4.51. The third-order valence-electron chi connectivity index (χ3n) is 4.51. The highest BCUT2D eigenvalue weighted by Crippen LogP contribution is 2.28. The lowest BCUT2D eigenvalue weighted by Crippen LogP contribution is -2.20. The van der Waals surface area contributed by atoms with Gasteiger partial charge in [0.05, 0.1) is 11.1 Å². The van der Waals surface area contributed by atoms with E-state index in [4.69, 9.17) is 5.73 Å². The van der Waals surface area contributed by atoms with E-state index >= 15 is 0 Å². The number of likely N-dealkylation sites (tertiary alicyclic amines) is 1. The molecule has 4 rings (SSSR count). The van der Waals surface area contributed by atoms with Gasteiger partial charge in [-0.05, 0) is 37.2 Å². The lowest BCUT2D eigenvalue weighted by atomic mass is 10.1. The van der Waals surface area contributed by atoms with Gasteiger partial charge in [0.1, 0.15) is 11.3 Å². The Morgan fingerprint density at radius 3 is 3.04 bits per heavy atom. The number of nitrogens with two attached hydrogens (primary N) is 1. The molecular formula is C17H19N5O. The first-order valence-corrected chi connectivity index (χ1v) is 7.84. The number of nitrogens with zero attached hydrogens (tertiary/aromatic N) is 2. The molecule has 1 atom stereocenters. The molecule has 1 unspecified atom stereocenters. The Morgan fingerprint density at radius 2 is 2.26 bits per heavy atom. The molecule has 1 aromatic carbocycles. The number of benzene rings is 1. The highest BCUT2D eigenvalue weighted by atomic mass is 16.1. The second-order valence-corrected chi connectivity index (χ2v) is 6.10. The van der Waals surface area contributed by atoms with E-state index < -0.39 is 5.91 Å². The van der Waals surface area contributed by atoms with Crippen molar-refractivity contribution >= 4 is 16.9 Å². The molecule has 6 nitrogen and oxygen atoms in total. The molecule has 1 aliphatic rings. The zero-order chi connectivity index (χ0) is 15.8. The summed E-state index contributed by atoms with van der Waals surface area (Å²) in [4.78, 5) is 25.2. The number of H-pyrrole nitrogens is 2. The van der Waals surface area contributed by atoms with Crippen LogP contribution in [0.3, 0.4) is 0 Å². The average Bonchev–Trinajstić information content (AvgIpc) is 3.26. The number of nitrogens with one attached hydrogen (secondary N) is 2. The first-order chi connectivity index (χ1) is 11.2. The highest BCUT2D eigenvalue weighted by Gasteiger charge is 2.27. The van der Waals surface area contributed by atoms with E-state index in [9.17, 15) is 4.79 Å². The molecule has 0 spiro atoms. The van der Waals surface area contributed by atoms with Gasteiger partial charge in [-0.1, -0.05) is 6.07 Å². The fourth-order valence-electron chi connectivity index (χ4n) is 3.35. The van der Waals surface area contributed by atoms with Gasteiger partial charge >= 0.3 is 0 Å². The summed E-state index contributed by atoms with van der Waals surface area (Å²) in [6, 6.07) is 9.61. The summed E-state index contributed by atoms with van der Waals surface area (Å²) >= 11 is 0. The maximum atomic E-state index is 11.5. The Labute approximate surface area is 133 Å². The normalized spacial score (nSPS) is 18.7. The average molecular weight is 309 g/mol. The molecule has 0 saturated carbocycles. The van der Waals surface area contributed by atoms with Gasteiger partial charge in [0, 0.05) is 30.9 Å². The fourth-order valence-corrected chi connectivity index (χ4v) is 3.35. The van der Waals surface area contributed by atoms with Crippen molar-refractivity contribution in [3.63, 3.8) is 0 Å². The minimum atomic E-state index is -0.437. The van der Waals surface area contributed by atoms with Crippen LogP contribution in [0, 0.1) is 0 Å². The number of imidazole rings is 1. The van der Waals surface area contributed by atoms with Crippen molar-refractivity contribution in [2.45, 2.75) is 18.9 Å². The van der Waals surface area contributed by atoms with Gasteiger partial charge in [0.2, 0.25) is 0 Å². The van der Waals surface area contributed by atoms with Crippen LogP contribution in [0.1, 0.15) is 34.2 Å². The molecule has 118 valence electrons.